The van der Waals surface area contributed by atoms with Crippen LogP contribution in [0.3, 0.4) is 0 Å². The second-order valence-corrected chi connectivity index (χ2v) is 4.31. The maximum atomic E-state index is 10.6. The van der Waals surface area contributed by atoms with Crippen LogP contribution in [0.5, 0.6) is 0 Å². The largest absolute Gasteiger partial charge is 0.480 e. The van der Waals surface area contributed by atoms with E-state index in [0.717, 1.165) is 10.5 Å². The van der Waals surface area contributed by atoms with Crippen molar-refractivity contribution in [2.24, 2.45) is 0 Å². The summed E-state index contributed by atoms with van der Waals surface area (Å²) in [6, 6.07) is 7.21. The van der Waals surface area contributed by atoms with Gasteiger partial charge in [0, 0.05) is 4.90 Å². The van der Waals surface area contributed by atoms with Gasteiger partial charge in [-0.1, -0.05) is 12.1 Å². The van der Waals surface area contributed by atoms with Crippen LogP contribution >= 0.6 is 11.8 Å². The lowest BCUT2D eigenvalue weighted by Gasteiger charge is -2.05. The van der Waals surface area contributed by atoms with Crippen molar-refractivity contribution in [1.82, 2.24) is 0 Å². The fourth-order valence-corrected chi connectivity index (χ4v) is 1.73. The number of hydrogen-bond donors (Lipinski definition) is 2. The van der Waals surface area contributed by atoms with Gasteiger partial charge in [0.15, 0.2) is 0 Å². The lowest BCUT2D eigenvalue weighted by atomic mass is 10.2. The third-order valence-electron chi connectivity index (χ3n) is 1.77. The average molecular weight is 212 g/mol. The second kappa shape index (κ2) is 5.02. The molecule has 0 aromatic heterocycles. The highest BCUT2D eigenvalue weighted by Gasteiger charge is 2.11. The second-order valence-electron chi connectivity index (χ2n) is 2.90. The molecule has 76 valence electrons. The molecule has 0 fully saturated rings. The summed E-state index contributed by atoms with van der Waals surface area (Å²) in [5, 5.41) is 17.0. The molecule has 4 heteroatoms. The molecule has 0 heterocycles. The van der Waals surface area contributed by atoms with Crippen molar-refractivity contribution in [2.75, 3.05) is 0 Å². The Hall–Kier alpha value is -1.00. The summed E-state index contributed by atoms with van der Waals surface area (Å²) in [5.74, 6) is -0.818. The Kier molecular flexibility index (Phi) is 3.98. The zero-order chi connectivity index (χ0) is 10.6. The molecule has 0 amide bonds. The van der Waals surface area contributed by atoms with Crippen LogP contribution in [0.1, 0.15) is 12.5 Å². The molecule has 0 spiro atoms. The smallest absolute Gasteiger partial charge is 0.316 e. The maximum absolute atomic E-state index is 10.6. The first-order valence-electron chi connectivity index (χ1n) is 4.22. The topological polar surface area (TPSA) is 57.5 Å². The lowest BCUT2D eigenvalue weighted by molar-refractivity contribution is -0.136. The van der Waals surface area contributed by atoms with Gasteiger partial charge in [-0.05, 0) is 24.6 Å². The number of carbonyl (C=O) groups is 1. The van der Waals surface area contributed by atoms with Crippen molar-refractivity contribution < 1.29 is 15.0 Å². The average Bonchev–Trinajstić information content (AvgIpc) is 2.19. The summed E-state index contributed by atoms with van der Waals surface area (Å²) < 4.78 is 0. The normalized spacial score (nSPS) is 12.4. The van der Waals surface area contributed by atoms with Gasteiger partial charge >= 0.3 is 5.97 Å². The van der Waals surface area contributed by atoms with Crippen LogP contribution in [-0.2, 0) is 11.4 Å². The van der Waals surface area contributed by atoms with Gasteiger partial charge in [0.1, 0.15) is 5.25 Å². The maximum Gasteiger partial charge on any atom is 0.316 e. The molecule has 1 atom stereocenters. The van der Waals surface area contributed by atoms with E-state index in [2.05, 4.69) is 0 Å². The summed E-state index contributed by atoms with van der Waals surface area (Å²) in [7, 11) is 0. The molecule has 1 unspecified atom stereocenters. The van der Waals surface area contributed by atoms with Crippen molar-refractivity contribution >= 4 is 17.7 Å². The predicted octanol–water partition coefficient (Wildman–Crippen LogP) is 1.74. The number of aliphatic hydroxyl groups is 1. The van der Waals surface area contributed by atoms with Crippen molar-refractivity contribution in [3.8, 4) is 0 Å². The van der Waals surface area contributed by atoms with E-state index in [1.165, 1.54) is 11.8 Å². The highest BCUT2D eigenvalue weighted by atomic mass is 32.2. The summed E-state index contributed by atoms with van der Waals surface area (Å²) >= 11 is 1.29. The van der Waals surface area contributed by atoms with Crippen molar-refractivity contribution in [3.63, 3.8) is 0 Å². The van der Waals surface area contributed by atoms with E-state index in [1.54, 1.807) is 19.1 Å². The molecule has 0 bridgehead atoms. The fourth-order valence-electron chi connectivity index (χ4n) is 0.928. The number of carboxylic acids is 1. The monoisotopic (exact) mass is 212 g/mol. The van der Waals surface area contributed by atoms with Gasteiger partial charge in [-0.3, -0.25) is 4.79 Å². The molecule has 1 aromatic carbocycles. The SMILES string of the molecule is CC(Sc1ccc(CO)cc1)C(=O)O. The van der Waals surface area contributed by atoms with E-state index in [0.29, 0.717) is 0 Å². The van der Waals surface area contributed by atoms with Gasteiger partial charge in [0.2, 0.25) is 0 Å². The van der Waals surface area contributed by atoms with E-state index < -0.39 is 11.2 Å². The van der Waals surface area contributed by atoms with Gasteiger partial charge < -0.3 is 10.2 Å². The standard InChI is InChI=1S/C10H12O3S/c1-7(10(12)13)14-9-4-2-8(6-11)3-5-9/h2-5,7,11H,6H2,1H3,(H,12,13). The summed E-state index contributed by atoms with van der Waals surface area (Å²) in [5.41, 5.74) is 0.831. The molecule has 1 aromatic rings. The molecule has 1 rings (SSSR count). The van der Waals surface area contributed by atoms with Crippen LogP contribution in [0.4, 0.5) is 0 Å². The fraction of sp³-hybridized carbons (Fsp3) is 0.300. The third kappa shape index (κ3) is 3.05. The predicted molar refractivity (Wildman–Crippen MR) is 55.3 cm³/mol. The molecule has 3 nitrogen and oxygen atoms in total. The quantitative estimate of drug-likeness (QED) is 0.746. The minimum Gasteiger partial charge on any atom is -0.480 e. The molecule has 0 saturated carbocycles. The zero-order valence-corrected chi connectivity index (χ0v) is 8.62. The summed E-state index contributed by atoms with van der Waals surface area (Å²) in [6.45, 7) is 1.66. The van der Waals surface area contributed by atoms with E-state index >= 15 is 0 Å². The number of aliphatic hydroxyl groups excluding tert-OH is 1. The summed E-state index contributed by atoms with van der Waals surface area (Å²) in [6.07, 6.45) is 0. The van der Waals surface area contributed by atoms with E-state index in [-0.39, 0.29) is 6.61 Å². The van der Waals surface area contributed by atoms with Crippen LogP contribution in [0.25, 0.3) is 0 Å². The zero-order valence-electron chi connectivity index (χ0n) is 7.80. The highest BCUT2D eigenvalue weighted by Crippen LogP contribution is 2.23. The van der Waals surface area contributed by atoms with Crippen LogP contribution in [-0.4, -0.2) is 21.4 Å². The minimum absolute atomic E-state index is 0.0133. The Labute approximate surface area is 86.8 Å². The van der Waals surface area contributed by atoms with Gasteiger partial charge in [-0.2, -0.15) is 0 Å². The van der Waals surface area contributed by atoms with Gasteiger partial charge in [0.25, 0.3) is 0 Å². The Morgan fingerprint density at radius 1 is 1.43 bits per heavy atom. The molecular weight excluding hydrogens is 200 g/mol. The Bertz CT molecular complexity index is 308. The van der Waals surface area contributed by atoms with Gasteiger partial charge in [0.05, 0.1) is 6.61 Å². The first-order chi connectivity index (χ1) is 6.63. The van der Waals surface area contributed by atoms with E-state index in [1.807, 2.05) is 12.1 Å². The van der Waals surface area contributed by atoms with Crippen molar-refractivity contribution in [2.45, 2.75) is 23.7 Å². The van der Waals surface area contributed by atoms with Crippen LogP contribution < -0.4 is 0 Å². The molecule has 0 radical (unpaired) electrons. The van der Waals surface area contributed by atoms with Crippen LogP contribution in [0, 0.1) is 0 Å². The number of hydrogen-bond acceptors (Lipinski definition) is 3. The number of carboxylic acid groups (broad SMARTS) is 1. The molecular formula is C10H12O3S. The third-order valence-corrected chi connectivity index (χ3v) is 2.87. The number of benzene rings is 1. The Morgan fingerprint density at radius 3 is 2.43 bits per heavy atom. The molecule has 2 N–H and O–H groups in total. The first kappa shape index (κ1) is 11.1. The molecule has 0 aliphatic heterocycles. The van der Waals surface area contributed by atoms with Crippen molar-refractivity contribution in [3.05, 3.63) is 29.8 Å². The van der Waals surface area contributed by atoms with Gasteiger partial charge in [-0.15, -0.1) is 11.8 Å². The number of aliphatic carboxylic acids is 1. The molecule has 0 aliphatic carbocycles. The molecule has 14 heavy (non-hydrogen) atoms. The molecule has 0 aliphatic rings. The lowest BCUT2D eigenvalue weighted by Crippen LogP contribution is -2.10. The highest BCUT2D eigenvalue weighted by molar-refractivity contribution is 8.00. The Balaban J connectivity index is 2.64. The van der Waals surface area contributed by atoms with Crippen LogP contribution in [0.2, 0.25) is 0 Å². The number of rotatable bonds is 4. The minimum atomic E-state index is -0.818. The number of thioether (sulfide) groups is 1. The van der Waals surface area contributed by atoms with Crippen LogP contribution in [0.15, 0.2) is 29.2 Å². The summed E-state index contributed by atoms with van der Waals surface area (Å²) in [4.78, 5) is 11.5. The van der Waals surface area contributed by atoms with Crippen molar-refractivity contribution in [1.29, 1.82) is 0 Å². The van der Waals surface area contributed by atoms with Gasteiger partial charge in [-0.25, -0.2) is 0 Å². The van der Waals surface area contributed by atoms with E-state index in [9.17, 15) is 4.79 Å². The first-order valence-corrected chi connectivity index (χ1v) is 5.10. The molecule has 0 saturated heterocycles. The van der Waals surface area contributed by atoms with E-state index in [4.69, 9.17) is 10.2 Å². The Morgan fingerprint density at radius 2 is 2.00 bits per heavy atom.